The van der Waals surface area contributed by atoms with E-state index >= 15 is 0 Å². The van der Waals surface area contributed by atoms with Crippen LogP contribution in [0, 0.1) is 17.8 Å². The molecule has 0 aromatic carbocycles. The van der Waals surface area contributed by atoms with E-state index in [1.165, 1.54) is 51.7 Å². The highest BCUT2D eigenvalue weighted by Gasteiger charge is 2.33. The van der Waals surface area contributed by atoms with Gasteiger partial charge in [0.25, 0.3) is 0 Å². The largest absolute Gasteiger partial charge is 0.312 e. The molecule has 0 amide bonds. The molecule has 0 spiro atoms. The first-order valence-corrected chi connectivity index (χ1v) is 8.61. The third-order valence-electron chi connectivity index (χ3n) is 5.92. The summed E-state index contributed by atoms with van der Waals surface area (Å²) in [6.07, 6.45) is 6.93. The monoisotopic (exact) mass is 266 g/mol. The van der Waals surface area contributed by atoms with Crippen LogP contribution in [0.3, 0.4) is 0 Å². The topological polar surface area (TPSA) is 15.3 Å². The summed E-state index contributed by atoms with van der Waals surface area (Å²) >= 11 is 0. The molecule has 0 aromatic heterocycles. The van der Waals surface area contributed by atoms with Gasteiger partial charge in [-0.15, -0.1) is 0 Å². The number of nitrogens with zero attached hydrogens (tertiary/aromatic N) is 1. The molecule has 2 aliphatic rings. The predicted molar refractivity (Wildman–Crippen MR) is 83.4 cm³/mol. The van der Waals surface area contributed by atoms with Crippen molar-refractivity contribution in [2.75, 3.05) is 19.6 Å². The Labute approximate surface area is 120 Å². The maximum atomic E-state index is 3.79. The van der Waals surface area contributed by atoms with Gasteiger partial charge < -0.3 is 5.32 Å². The SMILES string of the molecule is CCC(C)C1CN(C2CCCC(C)C2C)CCCN1. The van der Waals surface area contributed by atoms with E-state index < -0.39 is 0 Å². The molecule has 112 valence electrons. The molecular formula is C17H34N2. The molecule has 1 aliphatic heterocycles. The van der Waals surface area contributed by atoms with Crippen LogP contribution >= 0.6 is 0 Å². The van der Waals surface area contributed by atoms with E-state index in [9.17, 15) is 0 Å². The molecule has 5 unspecified atom stereocenters. The molecule has 1 N–H and O–H groups in total. The highest BCUT2D eigenvalue weighted by Crippen LogP contribution is 2.33. The highest BCUT2D eigenvalue weighted by molar-refractivity contribution is 4.89. The molecule has 2 nitrogen and oxygen atoms in total. The van der Waals surface area contributed by atoms with Crippen molar-refractivity contribution in [3.8, 4) is 0 Å². The molecule has 1 aliphatic carbocycles. The molecule has 0 radical (unpaired) electrons. The fourth-order valence-corrected chi connectivity index (χ4v) is 4.01. The van der Waals surface area contributed by atoms with E-state index in [1.807, 2.05) is 0 Å². The number of hydrogen-bond acceptors (Lipinski definition) is 2. The first-order valence-electron chi connectivity index (χ1n) is 8.61. The Morgan fingerprint density at radius 2 is 2.00 bits per heavy atom. The lowest BCUT2D eigenvalue weighted by Crippen LogP contribution is -2.49. The van der Waals surface area contributed by atoms with Crippen molar-refractivity contribution < 1.29 is 0 Å². The van der Waals surface area contributed by atoms with Gasteiger partial charge in [0.05, 0.1) is 0 Å². The fraction of sp³-hybridized carbons (Fsp3) is 1.00. The van der Waals surface area contributed by atoms with E-state index in [2.05, 4.69) is 37.9 Å². The highest BCUT2D eigenvalue weighted by atomic mass is 15.2. The van der Waals surface area contributed by atoms with Crippen molar-refractivity contribution in [1.29, 1.82) is 0 Å². The molecule has 2 rings (SSSR count). The summed E-state index contributed by atoms with van der Waals surface area (Å²) < 4.78 is 0. The summed E-state index contributed by atoms with van der Waals surface area (Å²) in [5, 5.41) is 3.79. The summed E-state index contributed by atoms with van der Waals surface area (Å²) in [6.45, 7) is 13.5. The molecule has 0 aromatic rings. The zero-order valence-corrected chi connectivity index (χ0v) is 13.5. The van der Waals surface area contributed by atoms with Crippen molar-refractivity contribution in [3.05, 3.63) is 0 Å². The van der Waals surface area contributed by atoms with Crippen LogP contribution in [0.4, 0.5) is 0 Å². The van der Waals surface area contributed by atoms with Gasteiger partial charge >= 0.3 is 0 Å². The third kappa shape index (κ3) is 3.72. The van der Waals surface area contributed by atoms with Crippen molar-refractivity contribution in [3.63, 3.8) is 0 Å². The normalized spacial score (nSPS) is 39.8. The lowest BCUT2D eigenvalue weighted by atomic mass is 9.77. The lowest BCUT2D eigenvalue weighted by molar-refractivity contribution is 0.0748. The molecule has 1 saturated carbocycles. The number of rotatable bonds is 3. The molecule has 2 fully saturated rings. The van der Waals surface area contributed by atoms with Crippen LogP contribution in [-0.2, 0) is 0 Å². The summed E-state index contributed by atoms with van der Waals surface area (Å²) in [6, 6.07) is 1.55. The first-order chi connectivity index (χ1) is 9.13. The van der Waals surface area contributed by atoms with Crippen LogP contribution < -0.4 is 5.32 Å². The Balaban J connectivity index is 2.00. The van der Waals surface area contributed by atoms with Crippen molar-refractivity contribution >= 4 is 0 Å². The second kappa shape index (κ2) is 7.08. The van der Waals surface area contributed by atoms with E-state index in [-0.39, 0.29) is 0 Å². The molecular weight excluding hydrogens is 232 g/mol. The summed E-state index contributed by atoms with van der Waals surface area (Å²) in [4.78, 5) is 2.83. The standard InChI is InChI=1S/C17H34N2/c1-5-13(2)16-12-19(11-7-10-18-16)17-9-6-8-14(3)15(17)4/h13-18H,5-12H2,1-4H3. The zero-order chi connectivity index (χ0) is 13.8. The molecule has 1 saturated heterocycles. The molecule has 5 atom stereocenters. The van der Waals surface area contributed by atoms with Crippen LogP contribution in [0.2, 0.25) is 0 Å². The Morgan fingerprint density at radius 1 is 1.21 bits per heavy atom. The van der Waals surface area contributed by atoms with Crippen molar-refractivity contribution in [2.45, 2.75) is 71.9 Å². The minimum atomic E-state index is 0.705. The Bertz CT molecular complexity index is 266. The zero-order valence-electron chi connectivity index (χ0n) is 13.5. The van der Waals surface area contributed by atoms with E-state index in [0.29, 0.717) is 6.04 Å². The van der Waals surface area contributed by atoms with Gasteiger partial charge in [-0.2, -0.15) is 0 Å². The maximum Gasteiger partial charge on any atom is 0.0220 e. The molecule has 1 heterocycles. The Hall–Kier alpha value is -0.0800. The minimum Gasteiger partial charge on any atom is -0.312 e. The van der Waals surface area contributed by atoms with Crippen LogP contribution in [0.15, 0.2) is 0 Å². The van der Waals surface area contributed by atoms with Gasteiger partial charge in [-0.3, -0.25) is 4.90 Å². The third-order valence-corrected chi connectivity index (χ3v) is 5.92. The van der Waals surface area contributed by atoms with Crippen LogP contribution in [0.25, 0.3) is 0 Å². The quantitative estimate of drug-likeness (QED) is 0.841. The van der Waals surface area contributed by atoms with Crippen LogP contribution in [-0.4, -0.2) is 36.6 Å². The van der Waals surface area contributed by atoms with Gasteiger partial charge in [0, 0.05) is 18.6 Å². The maximum absolute atomic E-state index is 3.79. The fourth-order valence-electron chi connectivity index (χ4n) is 4.01. The average Bonchev–Trinajstić information content (AvgIpc) is 2.67. The van der Waals surface area contributed by atoms with Gasteiger partial charge in [-0.25, -0.2) is 0 Å². The smallest absolute Gasteiger partial charge is 0.0220 e. The predicted octanol–water partition coefficient (Wildman–Crippen LogP) is 3.52. The van der Waals surface area contributed by atoms with Gasteiger partial charge in [-0.1, -0.05) is 47.0 Å². The average molecular weight is 266 g/mol. The summed E-state index contributed by atoms with van der Waals surface area (Å²) in [5.74, 6) is 2.60. The van der Waals surface area contributed by atoms with Crippen molar-refractivity contribution in [1.82, 2.24) is 10.2 Å². The summed E-state index contributed by atoms with van der Waals surface area (Å²) in [7, 11) is 0. The minimum absolute atomic E-state index is 0.705. The van der Waals surface area contributed by atoms with E-state index in [1.54, 1.807) is 0 Å². The molecule has 19 heavy (non-hydrogen) atoms. The van der Waals surface area contributed by atoms with Crippen LogP contribution in [0.5, 0.6) is 0 Å². The Morgan fingerprint density at radius 3 is 2.74 bits per heavy atom. The van der Waals surface area contributed by atoms with E-state index in [0.717, 1.165) is 23.8 Å². The first kappa shape index (κ1) is 15.3. The summed E-state index contributed by atoms with van der Waals surface area (Å²) in [5.41, 5.74) is 0. The Kier molecular flexibility index (Phi) is 5.70. The number of hydrogen-bond donors (Lipinski definition) is 1. The van der Waals surface area contributed by atoms with Gasteiger partial charge in [-0.05, 0) is 43.7 Å². The van der Waals surface area contributed by atoms with Crippen molar-refractivity contribution in [2.24, 2.45) is 17.8 Å². The molecule has 0 bridgehead atoms. The lowest BCUT2D eigenvalue weighted by Gasteiger charge is -2.42. The van der Waals surface area contributed by atoms with Gasteiger partial charge in [0.2, 0.25) is 0 Å². The van der Waals surface area contributed by atoms with Crippen LogP contribution in [0.1, 0.15) is 59.8 Å². The second-order valence-electron chi connectivity index (χ2n) is 7.13. The second-order valence-corrected chi connectivity index (χ2v) is 7.13. The van der Waals surface area contributed by atoms with E-state index in [4.69, 9.17) is 0 Å². The molecule has 2 heteroatoms. The van der Waals surface area contributed by atoms with Gasteiger partial charge in [0.1, 0.15) is 0 Å². The number of nitrogens with one attached hydrogen (secondary N) is 1. The van der Waals surface area contributed by atoms with Gasteiger partial charge in [0.15, 0.2) is 0 Å².